The molecule has 64 valence electrons. The molecule has 0 bridgehead atoms. The quantitative estimate of drug-likeness (QED) is 0.711. The predicted octanol–water partition coefficient (Wildman–Crippen LogP) is 2.67. The number of anilines is 1. The molecule has 1 nitrogen and oxygen atoms in total. The number of hydrogen-bond donors (Lipinski definition) is 0. The van der Waals surface area contributed by atoms with Crippen molar-refractivity contribution in [1.29, 1.82) is 0 Å². The Hall–Kier alpha value is -0.250. The van der Waals surface area contributed by atoms with Crippen molar-refractivity contribution in [2.45, 2.75) is 13.3 Å². The average Bonchev–Trinajstić information content (AvgIpc) is 2.46. The second kappa shape index (κ2) is 3.24. The van der Waals surface area contributed by atoms with E-state index in [-0.39, 0.29) is 0 Å². The van der Waals surface area contributed by atoms with Gasteiger partial charge in [-0.15, -0.1) is 0 Å². The van der Waals surface area contributed by atoms with Crippen LogP contribution in [0.25, 0.3) is 0 Å². The zero-order valence-electron chi connectivity index (χ0n) is 7.18. The van der Waals surface area contributed by atoms with Crippen molar-refractivity contribution in [3.63, 3.8) is 0 Å². The second-order valence-corrected chi connectivity index (χ2v) is 4.35. The van der Waals surface area contributed by atoms with E-state index in [1.165, 1.54) is 27.8 Å². The summed E-state index contributed by atoms with van der Waals surface area (Å²) >= 11 is 2.37. The van der Waals surface area contributed by atoms with E-state index in [2.05, 4.69) is 52.6 Å². The number of benzene rings is 1. The van der Waals surface area contributed by atoms with Gasteiger partial charge in [-0.25, -0.2) is 0 Å². The lowest BCUT2D eigenvalue weighted by Gasteiger charge is -2.16. The number of hydrogen-bond acceptors (Lipinski definition) is 1. The molecule has 1 heterocycles. The van der Waals surface area contributed by atoms with Crippen molar-refractivity contribution in [3.8, 4) is 0 Å². The monoisotopic (exact) mass is 273 g/mol. The van der Waals surface area contributed by atoms with Crippen molar-refractivity contribution in [1.82, 2.24) is 0 Å². The van der Waals surface area contributed by atoms with Crippen molar-refractivity contribution in [3.05, 3.63) is 27.3 Å². The first-order valence-corrected chi connectivity index (χ1v) is 5.42. The summed E-state index contributed by atoms with van der Waals surface area (Å²) in [6.07, 6.45) is 1.22. The van der Waals surface area contributed by atoms with Crippen LogP contribution in [0.2, 0.25) is 0 Å². The van der Waals surface area contributed by atoms with E-state index < -0.39 is 0 Å². The third-order valence-corrected chi connectivity index (χ3v) is 3.09. The molecule has 0 saturated heterocycles. The van der Waals surface area contributed by atoms with Gasteiger partial charge >= 0.3 is 0 Å². The van der Waals surface area contributed by atoms with Gasteiger partial charge in [-0.3, -0.25) is 0 Å². The van der Waals surface area contributed by atoms with Crippen LogP contribution in [0, 0.1) is 3.57 Å². The van der Waals surface area contributed by atoms with Crippen LogP contribution in [0.3, 0.4) is 0 Å². The van der Waals surface area contributed by atoms with Gasteiger partial charge in [-0.2, -0.15) is 0 Å². The SMILES string of the molecule is CCN1CCc2cc(I)ccc21. The Morgan fingerprint density at radius 3 is 3.08 bits per heavy atom. The summed E-state index contributed by atoms with van der Waals surface area (Å²) < 4.78 is 1.35. The van der Waals surface area contributed by atoms with Crippen LogP contribution in [-0.2, 0) is 6.42 Å². The number of nitrogens with zero attached hydrogens (tertiary/aromatic N) is 1. The van der Waals surface area contributed by atoms with Crippen LogP contribution in [0.15, 0.2) is 18.2 Å². The molecule has 1 aliphatic heterocycles. The van der Waals surface area contributed by atoms with Gasteiger partial charge in [-0.1, -0.05) is 0 Å². The first-order chi connectivity index (χ1) is 5.81. The minimum absolute atomic E-state index is 1.13. The minimum Gasteiger partial charge on any atom is -0.371 e. The summed E-state index contributed by atoms with van der Waals surface area (Å²) in [6, 6.07) is 6.73. The molecule has 1 aromatic carbocycles. The highest BCUT2D eigenvalue weighted by atomic mass is 127. The second-order valence-electron chi connectivity index (χ2n) is 3.10. The molecule has 0 spiro atoms. The lowest BCUT2D eigenvalue weighted by atomic mass is 10.2. The number of likely N-dealkylation sites (N-methyl/N-ethyl adjacent to an activating group) is 1. The minimum atomic E-state index is 1.13. The van der Waals surface area contributed by atoms with Gasteiger partial charge in [0.05, 0.1) is 0 Å². The third-order valence-electron chi connectivity index (χ3n) is 2.42. The fraction of sp³-hybridized carbons (Fsp3) is 0.400. The Kier molecular flexibility index (Phi) is 2.26. The Morgan fingerprint density at radius 1 is 1.50 bits per heavy atom. The molecule has 0 N–H and O–H groups in total. The fourth-order valence-corrected chi connectivity index (χ4v) is 2.32. The molecule has 12 heavy (non-hydrogen) atoms. The van der Waals surface area contributed by atoms with E-state index in [0.29, 0.717) is 0 Å². The summed E-state index contributed by atoms with van der Waals surface area (Å²) in [5.74, 6) is 0. The first-order valence-electron chi connectivity index (χ1n) is 4.34. The van der Waals surface area contributed by atoms with E-state index in [4.69, 9.17) is 0 Å². The predicted molar refractivity (Wildman–Crippen MR) is 60.8 cm³/mol. The first kappa shape index (κ1) is 8.35. The molecule has 0 atom stereocenters. The van der Waals surface area contributed by atoms with Crippen molar-refractivity contribution in [2.24, 2.45) is 0 Å². The van der Waals surface area contributed by atoms with Gasteiger partial charge < -0.3 is 4.90 Å². The van der Waals surface area contributed by atoms with Crippen LogP contribution in [-0.4, -0.2) is 13.1 Å². The van der Waals surface area contributed by atoms with Crippen molar-refractivity contribution in [2.75, 3.05) is 18.0 Å². The van der Waals surface area contributed by atoms with Gasteiger partial charge in [0.15, 0.2) is 0 Å². The summed E-state index contributed by atoms with van der Waals surface area (Å²) in [7, 11) is 0. The molecule has 1 aliphatic rings. The maximum Gasteiger partial charge on any atom is 0.0400 e. The normalized spacial score (nSPS) is 15.0. The van der Waals surface area contributed by atoms with Gasteiger partial charge in [0.2, 0.25) is 0 Å². The maximum atomic E-state index is 2.44. The molecule has 1 aromatic rings. The standard InChI is InChI=1S/C10H12IN/c1-2-12-6-5-8-7-9(11)3-4-10(8)12/h3-4,7H,2,5-6H2,1H3. The molecule has 0 aromatic heterocycles. The van der Waals surface area contributed by atoms with E-state index >= 15 is 0 Å². The molecular weight excluding hydrogens is 261 g/mol. The molecule has 2 rings (SSSR count). The number of rotatable bonds is 1. The molecule has 0 saturated carbocycles. The van der Waals surface area contributed by atoms with Crippen LogP contribution >= 0.6 is 22.6 Å². The summed E-state index contributed by atoms with van der Waals surface area (Å²) in [6.45, 7) is 4.55. The van der Waals surface area contributed by atoms with Gasteiger partial charge in [-0.05, 0) is 59.7 Å². The smallest absolute Gasteiger partial charge is 0.0400 e. The van der Waals surface area contributed by atoms with Crippen molar-refractivity contribution < 1.29 is 0 Å². The van der Waals surface area contributed by atoms with Gasteiger partial charge in [0, 0.05) is 22.3 Å². The Balaban J connectivity index is 2.40. The highest BCUT2D eigenvalue weighted by Crippen LogP contribution is 2.28. The lowest BCUT2D eigenvalue weighted by Crippen LogP contribution is -2.18. The van der Waals surface area contributed by atoms with E-state index in [1.54, 1.807) is 0 Å². The van der Waals surface area contributed by atoms with Gasteiger partial charge in [0.1, 0.15) is 0 Å². The summed E-state index contributed by atoms with van der Waals surface area (Å²) in [5.41, 5.74) is 2.96. The largest absolute Gasteiger partial charge is 0.371 e. The van der Waals surface area contributed by atoms with E-state index in [9.17, 15) is 0 Å². The zero-order chi connectivity index (χ0) is 8.55. The molecule has 0 aliphatic carbocycles. The molecule has 0 fully saturated rings. The lowest BCUT2D eigenvalue weighted by molar-refractivity contribution is 0.868. The summed E-state index contributed by atoms with van der Waals surface area (Å²) in [5, 5.41) is 0. The Bertz CT molecular complexity index is 296. The van der Waals surface area contributed by atoms with Crippen LogP contribution in [0.5, 0.6) is 0 Å². The Morgan fingerprint density at radius 2 is 2.33 bits per heavy atom. The third kappa shape index (κ3) is 1.32. The molecular formula is C10H12IN. The number of halogens is 1. The molecule has 0 radical (unpaired) electrons. The summed E-state index contributed by atoms with van der Waals surface area (Å²) in [4.78, 5) is 2.44. The van der Waals surface area contributed by atoms with Crippen LogP contribution in [0.1, 0.15) is 12.5 Å². The topological polar surface area (TPSA) is 3.24 Å². The van der Waals surface area contributed by atoms with Crippen molar-refractivity contribution >= 4 is 28.3 Å². The maximum absolute atomic E-state index is 2.44. The van der Waals surface area contributed by atoms with Crippen LogP contribution < -0.4 is 4.90 Å². The molecule has 0 amide bonds. The van der Waals surface area contributed by atoms with Gasteiger partial charge in [0.25, 0.3) is 0 Å². The van der Waals surface area contributed by atoms with E-state index in [1.807, 2.05) is 0 Å². The number of fused-ring (bicyclic) bond motifs is 1. The molecule has 0 unspecified atom stereocenters. The average molecular weight is 273 g/mol. The Labute approximate surface area is 86.9 Å². The van der Waals surface area contributed by atoms with Crippen LogP contribution in [0.4, 0.5) is 5.69 Å². The zero-order valence-corrected chi connectivity index (χ0v) is 9.34. The highest BCUT2D eigenvalue weighted by molar-refractivity contribution is 14.1. The van der Waals surface area contributed by atoms with E-state index in [0.717, 1.165) is 6.54 Å². The fourth-order valence-electron chi connectivity index (χ4n) is 1.77. The molecule has 2 heteroatoms. The highest BCUT2D eigenvalue weighted by Gasteiger charge is 2.16.